The predicted octanol–water partition coefficient (Wildman–Crippen LogP) is 5.93. The summed E-state index contributed by atoms with van der Waals surface area (Å²) in [7, 11) is 0. The van der Waals surface area contributed by atoms with E-state index in [0.29, 0.717) is 5.92 Å². The van der Waals surface area contributed by atoms with Gasteiger partial charge in [0.2, 0.25) is 0 Å². The maximum Gasteiger partial charge on any atom is 2.00 e. The number of ether oxygens (including phenoxy) is 1. The number of rotatable bonds is 3. The van der Waals surface area contributed by atoms with Crippen LogP contribution in [0, 0.1) is 12.8 Å². The van der Waals surface area contributed by atoms with E-state index in [2.05, 4.69) is 83.1 Å². The summed E-state index contributed by atoms with van der Waals surface area (Å²) < 4.78 is 6.62. The first kappa shape index (κ1) is 22.0. The molecule has 2 aromatic rings. The van der Waals surface area contributed by atoms with Crippen molar-refractivity contribution in [2.24, 2.45) is 5.92 Å². The van der Waals surface area contributed by atoms with E-state index >= 15 is 0 Å². The Balaban J connectivity index is 0.00000101. The van der Waals surface area contributed by atoms with Crippen LogP contribution in [0.5, 0.6) is 0 Å². The molecule has 1 atom stereocenters. The quantitative estimate of drug-likeness (QED) is 0.472. The van der Waals surface area contributed by atoms with Crippen molar-refractivity contribution in [3.8, 4) is 0 Å². The van der Waals surface area contributed by atoms with Crippen LogP contribution in [0.4, 0.5) is 0 Å². The summed E-state index contributed by atoms with van der Waals surface area (Å²) >= 11 is 0. The minimum Gasteiger partial charge on any atom is -0.628 e. The van der Waals surface area contributed by atoms with E-state index < -0.39 is 11.3 Å². The zero-order valence-corrected chi connectivity index (χ0v) is 19.2. The number of hydrogen-bond donors (Lipinski definition) is 0. The van der Waals surface area contributed by atoms with Crippen LogP contribution in [-0.4, -0.2) is 11.8 Å². The Bertz CT molecular complexity index is 585. The molecule has 130 valence electrons. The summed E-state index contributed by atoms with van der Waals surface area (Å²) in [6.45, 7) is 13.5. The van der Waals surface area contributed by atoms with E-state index in [9.17, 15) is 0 Å². The van der Waals surface area contributed by atoms with E-state index in [-0.39, 0.29) is 25.5 Å². The fourth-order valence-corrected chi connectivity index (χ4v) is 3.52. The Morgan fingerprint density at radius 3 is 1.64 bits per heavy atom. The fourth-order valence-electron chi connectivity index (χ4n) is 3.52. The van der Waals surface area contributed by atoms with Crippen molar-refractivity contribution in [1.82, 2.24) is 0 Å². The average molecular weight is 389 g/mol. The van der Waals surface area contributed by atoms with E-state index in [4.69, 9.17) is 10.1 Å². The van der Waals surface area contributed by atoms with Gasteiger partial charge in [-0.25, -0.2) is 0 Å². The van der Waals surface area contributed by atoms with Crippen molar-refractivity contribution >= 4 is 0 Å². The van der Waals surface area contributed by atoms with Crippen molar-refractivity contribution in [2.75, 3.05) is 0 Å². The smallest absolute Gasteiger partial charge is 0.628 e. The van der Waals surface area contributed by atoms with Crippen molar-refractivity contribution < 1.29 is 24.2 Å². The molecule has 0 aliphatic carbocycles. The second kappa shape index (κ2) is 9.08. The Morgan fingerprint density at radius 1 is 0.880 bits per heavy atom. The maximum atomic E-state index is 6.62. The van der Waals surface area contributed by atoms with Crippen molar-refractivity contribution in [1.29, 1.82) is 0 Å². The number of benzene rings is 2. The van der Waals surface area contributed by atoms with E-state index in [1.54, 1.807) is 6.92 Å². The van der Waals surface area contributed by atoms with Crippen LogP contribution in [-0.2, 0) is 29.8 Å². The Kier molecular flexibility index (Phi) is 8.00. The van der Waals surface area contributed by atoms with E-state index in [0.717, 1.165) is 0 Å². The molecule has 0 unspecified atom stereocenters. The SMILES string of the molecule is CC(C)[C@@H]1[N-]C(C)(C)OC1(c1ccccc1)c1ccccc1.[CH2-]C.[Zn+2]. The van der Waals surface area contributed by atoms with Crippen molar-refractivity contribution in [3.05, 3.63) is 84.0 Å². The van der Waals surface area contributed by atoms with E-state index in [1.165, 1.54) is 11.1 Å². The molecule has 1 aliphatic rings. The van der Waals surface area contributed by atoms with Crippen LogP contribution in [0.3, 0.4) is 0 Å². The van der Waals surface area contributed by atoms with Gasteiger partial charge in [0.05, 0.1) is 0 Å². The average Bonchev–Trinajstić information content (AvgIpc) is 2.91. The van der Waals surface area contributed by atoms with Crippen LogP contribution in [0.25, 0.3) is 5.32 Å². The molecule has 1 aliphatic heterocycles. The third-order valence-electron chi connectivity index (χ3n) is 4.31. The first-order chi connectivity index (χ1) is 11.5. The van der Waals surface area contributed by atoms with Crippen LogP contribution >= 0.6 is 0 Å². The van der Waals surface area contributed by atoms with Gasteiger partial charge in [-0.1, -0.05) is 100 Å². The second-order valence-electron chi connectivity index (χ2n) is 6.83. The van der Waals surface area contributed by atoms with Crippen LogP contribution in [0.1, 0.15) is 45.7 Å². The molecule has 2 aromatic carbocycles. The van der Waals surface area contributed by atoms with Gasteiger partial charge in [0.25, 0.3) is 0 Å². The molecule has 0 saturated carbocycles. The zero-order valence-electron chi connectivity index (χ0n) is 16.2. The van der Waals surface area contributed by atoms with Gasteiger partial charge in [-0.2, -0.15) is 6.92 Å². The van der Waals surface area contributed by atoms with Gasteiger partial charge in [0.15, 0.2) is 0 Å². The second-order valence-corrected chi connectivity index (χ2v) is 6.83. The third kappa shape index (κ3) is 4.40. The van der Waals surface area contributed by atoms with Gasteiger partial charge >= 0.3 is 19.5 Å². The first-order valence-electron chi connectivity index (χ1n) is 8.70. The first-order valence-corrected chi connectivity index (χ1v) is 8.70. The molecule has 0 N–H and O–H groups in total. The Morgan fingerprint density at radius 2 is 1.28 bits per heavy atom. The van der Waals surface area contributed by atoms with Gasteiger partial charge in [0.1, 0.15) is 5.60 Å². The molecule has 1 fully saturated rings. The molecule has 0 bridgehead atoms. The molecular formula is C22H29NOZn. The Labute approximate surface area is 166 Å². The normalized spacial score (nSPS) is 20.4. The fraction of sp³-hybridized carbons (Fsp3) is 0.409. The number of hydrogen-bond acceptors (Lipinski definition) is 1. The van der Waals surface area contributed by atoms with Gasteiger partial charge in [0, 0.05) is 0 Å². The molecule has 1 saturated heterocycles. The molecule has 0 spiro atoms. The molecule has 3 heteroatoms. The standard InChI is InChI=1S/C20H24NO.C2H5.Zn/c1-15(2)18-20(22-19(3,4)21-18,16-11-7-5-8-12-16)17-13-9-6-10-14-17;1-2;/h5-15,18H,1-4H3;1H2,2H3;/q2*-1;+2/t18-;;/m0../s1. The van der Waals surface area contributed by atoms with Gasteiger partial charge in [-0.15, -0.1) is 0 Å². The van der Waals surface area contributed by atoms with Gasteiger partial charge in [-0.3, -0.25) is 0 Å². The third-order valence-corrected chi connectivity index (χ3v) is 4.31. The summed E-state index contributed by atoms with van der Waals surface area (Å²) in [6, 6.07) is 21.1. The van der Waals surface area contributed by atoms with Gasteiger partial charge < -0.3 is 17.0 Å². The molecule has 0 radical (unpaired) electrons. The van der Waals surface area contributed by atoms with Crippen molar-refractivity contribution in [3.63, 3.8) is 0 Å². The molecule has 3 rings (SSSR count). The maximum absolute atomic E-state index is 6.62. The molecular weight excluding hydrogens is 360 g/mol. The predicted molar refractivity (Wildman–Crippen MR) is 102 cm³/mol. The zero-order chi connectivity index (χ0) is 17.8. The number of nitrogens with zero attached hydrogens (tertiary/aromatic N) is 1. The van der Waals surface area contributed by atoms with Gasteiger partial charge in [-0.05, 0) is 16.9 Å². The summed E-state index contributed by atoms with van der Waals surface area (Å²) in [5.41, 5.74) is 1.35. The summed E-state index contributed by atoms with van der Waals surface area (Å²) in [5.74, 6) is 0.391. The minimum atomic E-state index is -0.514. The van der Waals surface area contributed by atoms with Crippen LogP contribution in [0.15, 0.2) is 60.7 Å². The molecule has 0 aromatic heterocycles. The molecule has 2 nitrogen and oxygen atoms in total. The topological polar surface area (TPSA) is 23.3 Å². The van der Waals surface area contributed by atoms with Crippen molar-refractivity contribution in [2.45, 2.75) is 52.0 Å². The summed E-state index contributed by atoms with van der Waals surface area (Å²) in [5, 5.41) is 5.00. The summed E-state index contributed by atoms with van der Waals surface area (Å²) in [6.07, 6.45) is 0. The largest absolute Gasteiger partial charge is 2.00 e. The summed E-state index contributed by atoms with van der Waals surface area (Å²) in [4.78, 5) is 0. The molecule has 0 amide bonds. The monoisotopic (exact) mass is 387 g/mol. The van der Waals surface area contributed by atoms with Crippen LogP contribution < -0.4 is 0 Å². The van der Waals surface area contributed by atoms with Crippen LogP contribution in [0.2, 0.25) is 0 Å². The van der Waals surface area contributed by atoms with E-state index in [1.807, 2.05) is 12.1 Å². The molecule has 1 heterocycles. The minimum absolute atomic E-state index is 0. The molecule has 25 heavy (non-hydrogen) atoms. The Hall–Kier alpha value is -1.02.